The molecule has 0 bridgehead atoms. The van der Waals surface area contributed by atoms with E-state index in [1.807, 2.05) is 12.3 Å². The first kappa shape index (κ1) is 24.0. The molecule has 5 rings (SSSR count). The van der Waals surface area contributed by atoms with Crippen molar-refractivity contribution in [3.05, 3.63) is 65.5 Å². The van der Waals surface area contributed by atoms with Gasteiger partial charge >= 0.3 is 0 Å². The number of ether oxygens (including phenoxy) is 1. The van der Waals surface area contributed by atoms with Crippen LogP contribution in [0, 0.1) is 0 Å². The maximum atomic E-state index is 6.05. The molecular weight excluding hydrogens is 378 g/mol. The molecule has 0 amide bonds. The van der Waals surface area contributed by atoms with Crippen LogP contribution in [-0.2, 0) is 11.2 Å². The zero-order chi connectivity index (χ0) is 21.9. The van der Waals surface area contributed by atoms with Gasteiger partial charge < -0.3 is 4.74 Å². The number of aromatic nitrogens is 1. The predicted molar refractivity (Wildman–Crippen MR) is 132 cm³/mol. The van der Waals surface area contributed by atoms with Crippen molar-refractivity contribution in [1.82, 2.24) is 4.98 Å². The summed E-state index contributed by atoms with van der Waals surface area (Å²) in [6.45, 7) is 7.45. The van der Waals surface area contributed by atoms with Gasteiger partial charge in [-0.2, -0.15) is 0 Å². The fraction of sp³-hybridized carbons (Fsp3) is 0.621. The third-order valence-corrected chi connectivity index (χ3v) is 7.01. The molecule has 1 aromatic heterocycles. The highest BCUT2D eigenvalue weighted by atomic mass is 16.5. The van der Waals surface area contributed by atoms with Gasteiger partial charge in [-0.05, 0) is 74.1 Å². The second-order valence-electron chi connectivity index (χ2n) is 9.61. The minimum atomic E-state index is 0.209. The van der Waals surface area contributed by atoms with Crippen LogP contribution in [0.1, 0.15) is 114 Å². The SMILES string of the molecule is CCC.CCCC1CCc2ccccc21.c1ccc(C2CCOC3(CCCC3)C2)nc1. The number of aryl methyl sites for hydroxylation is 1. The highest BCUT2D eigenvalue weighted by molar-refractivity contribution is 5.34. The van der Waals surface area contributed by atoms with Gasteiger partial charge in [0.1, 0.15) is 0 Å². The molecule has 2 fully saturated rings. The zero-order valence-electron chi connectivity index (χ0n) is 20.1. The Balaban J connectivity index is 0.000000161. The molecule has 2 atom stereocenters. The van der Waals surface area contributed by atoms with Crippen LogP contribution in [0.15, 0.2) is 48.7 Å². The Morgan fingerprint density at radius 2 is 1.71 bits per heavy atom. The summed E-state index contributed by atoms with van der Waals surface area (Å²) in [4.78, 5) is 4.50. The highest BCUT2D eigenvalue weighted by Crippen LogP contribution is 2.44. The van der Waals surface area contributed by atoms with Gasteiger partial charge in [-0.3, -0.25) is 4.98 Å². The lowest BCUT2D eigenvalue weighted by atomic mass is 9.83. The van der Waals surface area contributed by atoms with Crippen LogP contribution in [0.2, 0.25) is 0 Å². The van der Waals surface area contributed by atoms with Gasteiger partial charge in [0.25, 0.3) is 0 Å². The first-order valence-corrected chi connectivity index (χ1v) is 12.8. The van der Waals surface area contributed by atoms with Crippen molar-refractivity contribution in [2.75, 3.05) is 6.61 Å². The van der Waals surface area contributed by atoms with Crippen LogP contribution in [0.25, 0.3) is 0 Å². The monoisotopic (exact) mass is 421 g/mol. The Kier molecular flexibility index (Phi) is 9.58. The molecule has 0 radical (unpaired) electrons. The van der Waals surface area contributed by atoms with Crippen molar-refractivity contribution >= 4 is 0 Å². The highest BCUT2D eigenvalue weighted by Gasteiger charge is 2.40. The normalized spacial score (nSPS) is 23.3. The van der Waals surface area contributed by atoms with Gasteiger partial charge in [0, 0.05) is 24.4 Å². The van der Waals surface area contributed by atoms with Gasteiger partial charge in [0.15, 0.2) is 0 Å². The molecule has 31 heavy (non-hydrogen) atoms. The van der Waals surface area contributed by atoms with E-state index in [1.54, 1.807) is 11.1 Å². The molecule has 2 nitrogen and oxygen atoms in total. The molecule has 1 aliphatic heterocycles. The van der Waals surface area contributed by atoms with Crippen molar-refractivity contribution < 1.29 is 4.74 Å². The molecule has 1 aromatic carbocycles. The van der Waals surface area contributed by atoms with E-state index >= 15 is 0 Å². The average molecular weight is 422 g/mol. The molecule has 1 saturated heterocycles. The fourth-order valence-electron chi connectivity index (χ4n) is 5.56. The largest absolute Gasteiger partial charge is 0.375 e. The zero-order valence-corrected chi connectivity index (χ0v) is 20.1. The van der Waals surface area contributed by atoms with E-state index in [-0.39, 0.29) is 5.60 Å². The minimum Gasteiger partial charge on any atom is -0.375 e. The summed E-state index contributed by atoms with van der Waals surface area (Å²) in [5.41, 5.74) is 4.69. The third kappa shape index (κ3) is 6.65. The summed E-state index contributed by atoms with van der Waals surface area (Å²) in [5, 5.41) is 0. The van der Waals surface area contributed by atoms with E-state index in [1.165, 1.54) is 69.9 Å². The van der Waals surface area contributed by atoms with E-state index in [0.717, 1.165) is 18.9 Å². The third-order valence-electron chi connectivity index (χ3n) is 7.01. The van der Waals surface area contributed by atoms with Crippen LogP contribution in [-0.4, -0.2) is 17.2 Å². The molecule has 2 aromatic rings. The van der Waals surface area contributed by atoms with Crippen LogP contribution in [0.5, 0.6) is 0 Å². The van der Waals surface area contributed by atoms with Crippen molar-refractivity contribution in [3.63, 3.8) is 0 Å². The van der Waals surface area contributed by atoms with E-state index in [2.05, 4.69) is 62.2 Å². The Morgan fingerprint density at radius 1 is 0.968 bits per heavy atom. The van der Waals surface area contributed by atoms with Gasteiger partial charge in [0.2, 0.25) is 0 Å². The number of pyridine rings is 1. The number of benzene rings is 1. The number of hydrogen-bond donors (Lipinski definition) is 0. The van der Waals surface area contributed by atoms with Crippen LogP contribution in [0.4, 0.5) is 0 Å². The van der Waals surface area contributed by atoms with E-state index in [0.29, 0.717) is 5.92 Å². The second-order valence-corrected chi connectivity index (χ2v) is 9.61. The van der Waals surface area contributed by atoms with Crippen molar-refractivity contribution in [1.29, 1.82) is 0 Å². The number of fused-ring (bicyclic) bond motifs is 1. The van der Waals surface area contributed by atoms with Gasteiger partial charge in [0.05, 0.1) is 5.60 Å². The molecule has 2 aliphatic carbocycles. The molecule has 2 unspecified atom stereocenters. The summed E-state index contributed by atoms with van der Waals surface area (Å²) in [6, 6.07) is 15.2. The van der Waals surface area contributed by atoms with Crippen molar-refractivity contribution in [2.45, 2.75) is 109 Å². The van der Waals surface area contributed by atoms with E-state index < -0.39 is 0 Å². The Hall–Kier alpha value is -1.67. The molecule has 3 aliphatic rings. The molecule has 170 valence electrons. The molecule has 2 heterocycles. The summed E-state index contributed by atoms with van der Waals surface area (Å²) >= 11 is 0. The molecule has 2 heteroatoms. The lowest BCUT2D eigenvalue weighted by Crippen LogP contribution is -2.36. The number of nitrogens with zero attached hydrogens (tertiary/aromatic N) is 1. The van der Waals surface area contributed by atoms with Crippen LogP contribution in [0.3, 0.4) is 0 Å². The van der Waals surface area contributed by atoms with E-state index in [9.17, 15) is 0 Å². The average Bonchev–Trinajstić information content (AvgIpc) is 3.43. The van der Waals surface area contributed by atoms with Crippen LogP contribution < -0.4 is 0 Å². The van der Waals surface area contributed by atoms with Crippen molar-refractivity contribution in [3.8, 4) is 0 Å². The number of rotatable bonds is 3. The first-order chi connectivity index (χ1) is 15.2. The number of hydrogen-bond acceptors (Lipinski definition) is 2. The minimum absolute atomic E-state index is 0.209. The second kappa shape index (κ2) is 12.4. The van der Waals surface area contributed by atoms with Gasteiger partial charge in [-0.1, -0.05) is 76.8 Å². The summed E-state index contributed by atoms with van der Waals surface area (Å²) in [5.74, 6) is 1.49. The summed E-state index contributed by atoms with van der Waals surface area (Å²) in [7, 11) is 0. The molecule has 1 saturated carbocycles. The lowest BCUT2D eigenvalue weighted by molar-refractivity contribution is -0.0809. The standard InChI is InChI=1S/C14H19NO.C12H16.C3H8/c1-4-9-15-13(5-1)12-6-10-16-14(11-12)7-2-3-8-14;1-2-5-10-8-9-11-6-3-4-7-12(10)11;1-3-2/h1,4-5,9,12H,2-3,6-8,10-11H2;3-4,6-7,10H,2,5,8-9H2,1H3;3H2,1-2H3. The Bertz CT molecular complexity index is 748. The molecule has 1 spiro atoms. The fourth-order valence-corrected chi connectivity index (χ4v) is 5.56. The molecular formula is C29H43NO. The maximum absolute atomic E-state index is 6.05. The Labute approximate surface area is 190 Å². The topological polar surface area (TPSA) is 22.1 Å². The summed E-state index contributed by atoms with van der Waals surface area (Å²) < 4.78 is 6.05. The quantitative estimate of drug-likeness (QED) is 0.498. The van der Waals surface area contributed by atoms with Gasteiger partial charge in [-0.15, -0.1) is 0 Å². The molecule has 0 N–H and O–H groups in total. The lowest BCUT2D eigenvalue weighted by Gasteiger charge is -2.38. The smallest absolute Gasteiger partial charge is 0.0689 e. The van der Waals surface area contributed by atoms with Crippen molar-refractivity contribution in [2.24, 2.45) is 0 Å². The van der Waals surface area contributed by atoms with Gasteiger partial charge in [-0.25, -0.2) is 0 Å². The Morgan fingerprint density at radius 3 is 2.42 bits per heavy atom. The predicted octanol–water partition coefficient (Wildman–Crippen LogP) is 8.22. The van der Waals surface area contributed by atoms with Crippen LogP contribution >= 0.6 is 0 Å². The van der Waals surface area contributed by atoms with E-state index in [4.69, 9.17) is 4.74 Å². The first-order valence-electron chi connectivity index (χ1n) is 12.8. The summed E-state index contributed by atoms with van der Waals surface area (Å²) in [6.07, 6.45) is 16.1. The maximum Gasteiger partial charge on any atom is 0.0689 e.